The summed E-state index contributed by atoms with van der Waals surface area (Å²) in [5, 5.41) is 2.93. The van der Waals surface area contributed by atoms with E-state index in [1.165, 1.54) is 38.5 Å². The molecule has 0 radical (unpaired) electrons. The number of hydrogen-bond donors (Lipinski definition) is 1. The summed E-state index contributed by atoms with van der Waals surface area (Å²) in [4.78, 5) is 14.2. The highest BCUT2D eigenvalue weighted by Gasteiger charge is 2.34. The van der Waals surface area contributed by atoms with E-state index in [1.807, 2.05) is 0 Å². The Bertz CT molecular complexity index is 313. The third kappa shape index (κ3) is 3.50. The number of amides is 2. The van der Waals surface area contributed by atoms with Crippen LogP contribution in [0.3, 0.4) is 0 Å². The average molecular weight is 315 g/mol. The van der Waals surface area contributed by atoms with Crippen molar-refractivity contribution in [3.8, 4) is 0 Å². The molecule has 1 saturated carbocycles. The lowest BCUT2D eigenvalue weighted by atomic mass is 9.83. The molecule has 4 heteroatoms. The number of halogens is 1. The third-order valence-electron chi connectivity index (χ3n) is 4.19. The second-order valence-corrected chi connectivity index (χ2v) is 6.60. The van der Waals surface area contributed by atoms with E-state index in [2.05, 4.69) is 32.7 Å². The second-order valence-electron chi connectivity index (χ2n) is 5.48. The summed E-state index contributed by atoms with van der Waals surface area (Å²) in [6.07, 6.45) is 9.01. The van der Waals surface area contributed by atoms with Crippen LogP contribution in [0.4, 0.5) is 4.79 Å². The lowest BCUT2D eigenvalue weighted by Gasteiger charge is -2.34. The van der Waals surface area contributed by atoms with Crippen LogP contribution < -0.4 is 5.32 Å². The maximum Gasteiger partial charge on any atom is 0.317 e. The first-order valence-electron chi connectivity index (χ1n) is 7.06. The largest absolute Gasteiger partial charge is 0.333 e. The van der Waals surface area contributed by atoms with E-state index in [0.29, 0.717) is 12.6 Å². The van der Waals surface area contributed by atoms with Gasteiger partial charge < -0.3 is 10.2 Å². The summed E-state index contributed by atoms with van der Waals surface area (Å²) in [5.74, 6) is 0.735. The van der Waals surface area contributed by atoms with Gasteiger partial charge >= 0.3 is 6.03 Å². The number of nitrogens with one attached hydrogen (secondary N) is 1. The Balaban J connectivity index is 1.89. The van der Waals surface area contributed by atoms with Gasteiger partial charge in [-0.15, -0.1) is 0 Å². The van der Waals surface area contributed by atoms with Gasteiger partial charge in [0.2, 0.25) is 0 Å². The molecule has 1 aliphatic heterocycles. The predicted octanol–water partition coefficient (Wildman–Crippen LogP) is 3.65. The number of hydrogen-bond acceptors (Lipinski definition) is 1. The van der Waals surface area contributed by atoms with Gasteiger partial charge in [-0.05, 0) is 31.6 Å². The highest BCUT2D eigenvalue weighted by atomic mass is 79.9. The van der Waals surface area contributed by atoms with Crippen LogP contribution in [0.1, 0.15) is 44.9 Å². The molecule has 1 N–H and O–H groups in total. The van der Waals surface area contributed by atoms with Crippen molar-refractivity contribution in [1.29, 1.82) is 0 Å². The zero-order valence-electron chi connectivity index (χ0n) is 11.0. The van der Waals surface area contributed by atoms with E-state index in [9.17, 15) is 4.79 Å². The number of likely N-dealkylation sites (tertiary alicyclic amines) is 1. The molecule has 0 aromatic rings. The van der Waals surface area contributed by atoms with Crippen LogP contribution in [0.25, 0.3) is 0 Å². The molecule has 2 rings (SSSR count). The van der Waals surface area contributed by atoms with E-state index < -0.39 is 0 Å². The van der Waals surface area contributed by atoms with E-state index in [0.717, 1.165) is 23.4 Å². The maximum absolute atomic E-state index is 12.2. The van der Waals surface area contributed by atoms with Gasteiger partial charge in [0.05, 0.1) is 6.54 Å². The van der Waals surface area contributed by atoms with Crippen molar-refractivity contribution < 1.29 is 4.79 Å². The zero-order valence-corrected chi connectivity index (χ0v) is 12.5. The third-order valence-corrected chi connectivity index (χ3v) is 4.47. The van der Waals surface area contributed by atoms with Gasteiger partial charge in [0, 0.05) is 17.1 Å². The number of nitrogens with zero attached hydrogens (tertiary/aromatic N) is 1. The minimum Gasteiger partial charge on any atom is -0.333 e. The summed E-state index contributed by atoms with van der Waals surface area (Å²) < 4.78 is 0.823. The summed E-state index contributed by atoms with van der Waals surface area (Å²) >= 11 is 3.28. The first kappa shape index (κ1) is 13.9. The smallest absolute Gasteiger partial charge is 0.317 e. The minimum atomic E-state index is 0.0867. The predicted molar refractivity (Wildman–Crippen MR) is 77.8 cm³/mol. The molecule has 0 aromatic heterocycles. The Labute approximate surface area is 118 Å². The molecule has 1 atom stereocenters. The van der Waals surface area contributed by atoms with Crippen LogP contribution in [-0.2, 0) is 0 Å². The van der Waals surface area contributed by atoms with Crippen molar-refractivity contribution in [2.75, 3.05) is 13.1 Å². The number of urea groups is 1. The topological polar surface area (TPSA) is 32.3 Å². The van der Waals surface area contributed by atoms with Gasteiger partial charge in [-0.2, -0.15) is 0 Å². The van der Waals surface area contributed by atoms with Gasteiger partial charge in [0.15, 0.2) is 0 Å². The van der Waals surface area contributed by atoms with Gasteiger partial charge in [-0.1, -0.05) is 41.8 Å². The standard InChI is InChI=1S/C14H23BrN2O/c1-11(15)10-16-14(18)17-9-5-8-13(17)12-6-3-2-4-7-12/h12-13H,1-10H2,(H,16,18). The molecule has 0 aromatic carbocycles. The Morgan fingerprint density at radius 1 is 1.22 bits per heavy atom. The second kappa shape index (κ2) is 6.60. The molecule has 2 aliphatic rings. The maximum atomic E-state index is 12.2. The molecule has 1 aliphatic carbocycles. The van der Waals surface area contributed by atoms with Crippen LogP contribution in [0.15, 0.2) is 11.1 Å². The van der Waals surface area contributed by atoms with Gasteiger partial charge in [0.25, 0.3) is 0 Å². The van der Waals surface area contributed by atoms with Crippen LogP contribution >= 0.6 is 15.9 Å². The van der Waals surface area contributed by atoms with Crippen molar-refractivity contribution in [2.24, 2.45) is 5.92 Å². The molecule has 18 heavy (non-hydrogen) atoms. The Morgan fingerprint density at radius 2 is 1.94 bits per heavy atom. The molecule has 0 bridgehead atoms. The summed E-state index contributed by atoms with van der Waals surface area (Å²) in [6, 6.07) is 0.567. The first-order chi connectivity index (χ1) is 8.68. The molecule has 3 nitrogen and oxygen atoms in total. The lowest BCUT2D eigenvalue weighted by Crippen LogP contribution is -2.46. The minimum absolute atomic E-state index is 0.0867. The molecule has 2 fully saturated rings. The van der Waals surface area contributed by atoms with E-state index >= 15 is 0 Å². The van der Waals surface area contributed by atoms with Crippen LogP contribution in [-0.4, -0.2) is 30.1 Å². The highest BCUT2D eigenvalue weighted by Crippen LogP contribution is 2.34. The van der Waals surface area contributed by atoms with Crippen molar-refractivity contribution >= 4 is 22.0 Å². The van der Waals surface area contributed by atoms with Crippen LogP contribution in [0.5, 0.6) is 0 Å². The number of carbonyl (C=O) groups excluding carboxylic acids is 1. The van der Waals surface area contributed by atoms with Gasteiger partial charge in [-0.3, -0.25) is 0 Å². The fourth-order valence-corrected chi connectivity index (χ4v) is 3.47. The average Bonchev–Trinajstić information content (AvgIpc) is 2.86. The fourth-order valence-electron chi connectivity index (χ4n) is 3.33. The number of rotatable bonds is 3. The van der Waals surface area contributed by atoms with E-state index in [4.69, 9.17) is 0 Å². The van der Waals surface area contributed by atoms with Crippen molar-refractivity contribution in [3.63, 3.8) is 0 Å². The molecule has 102 valence electrons. The summed E-state index contributed by atoms with van der Waals surface area (Å²) in [7, 11) is 0. The molecule has 0 spiro atoms. The summed E-state index contributed by atoms with van der Waals surface area (Å²) in [6.45, 7) is 5.18. The zero-order chi connectivity index (χ0) is 13.0. The SMILES string of the molecule is C=C(Br)CNC(=O)N1CCCC1C1CCCCC1. The monoisotopic (exact) mass is 314 g/mol. The van der Waals surface area contributed by atoms with E-state index in [-0.39, 0.29) is 6.03 Å². The van der Waals surface area contributed by atoms with Gasteiger partial charge in [0.1, 0.15) is 0 Å². The highest BCUT2D eigenvalue weighted by molar-refractivity contribution is 9.11. The van der Waals surface area contributed by atoms with Gasteiger partial charge in [-0.25, -0.2) is 4.79 Å². The van der Waals surface area contributed by atoms with Crippen molar-refractivity contribution in [1.82, 2.24) is 10.2 Å². The fraction of sp³-hybridized carbons (Fsp3) is 0.786. The normalized spacial score (nSPS) is 25.2. The lowest BCUT2D eigenvalue weighted by molar-refractivity contribution is 0.157. The molecule has 1 heterocycles. The molecule has 1 unspecified atom stereocenters. The Hall–Kier alpha value is -0.510. The molecule has 1 saturated heterocycles. The van der Waals surface area contributed by atoms with Crippen LogP contribution in [0, 0.1) is 5.92 Å². The first-order valence-corrected chi connectivity index (χ1v) is 7.85. The molecule has 2 amide bonds. The summed E-state index contributed by atoms with van der Waals surface area (Å²) in [5.41, 5.74) is 0. The quantitative estimate of drug-likeness (QED) is 0.847. The molecular formula is C14H23BrN2O. The van der Waals surface area contributed by atoms with Crippen LogP contribution in [0.2, 0.25) is 0 Å². The Morgan fingerprint density at radius 3 is 2.61 bits per heavy atom. The van der Waals surface area contributed by atoms with E-state index in [1.54, 1.807) is 0 Å². The molecular weight excluding hydrogens is 292 g/mol. The Kier molecular flexibility index (Phi) is 5.10. The van der Waals surface area contributed by atoms with Crippen molar-refractivity contribution in [2.45, 2.75) is 51.0 Å². The number of carbonyl (C=O) groups is 1. The van der Waals surface area contributed by atoms with Crippen molar-refractivity contribution in [3.05, 3.63) is 11.1 Å².